The molecule has 0 saturated carbocycles. The molecule has 2 N–H and O–H groups in total. The SMILES string of the molecule is CCCCC1=C(C)c2cc3nc(c(-c4ccc(Br)cc4)c4[nH]c(cc5[nH]c(cc1n2)c(CCCC)c5C)c(C)c4C)C(C)=C3C. The van der Waals surface area contributed by atoms with Crippen molar-refractivity contribution < 1.29 is 0 Å². The summed E-state index contributed by atoms with van der Waals surface area (Å²) in [6, 6.07) is 15.5. The van der Waals surface area contributed by atoms with E-state index < -0.39 is 0 Å². The molecule has 232 valence electrons. The molecule has 0 saturated heterocycles. The van der Waals surface area contributed by atoms with Gasteiger partial charge in [-0.2, -0.15) is 0 Å². The van der Waals surface area contributed by atoms with E-state index in [9.17, 15) is 0 Å². The lowest BCUT2D eigenvalue weighted by Gasteiger charge is -2.08. The molecule has 0 unspecified atom stereocenters. The number of allylic oxidation sites excluding steroid dienone is 4. The molecule has 2 aliphatic rings. The zero-order valence-corrected chi connectivity index (χ0v) is 29.6. The molecule has 5 heteroatoms. The number of hydrogen-bond donors (Lipinski definition) is 2. The molecule has 2 aliphatic heterocycles. The number of halogens is 1. The zero-order chi connectivity index (χ0) is 32.0. The van der Waals surface area contributed by atoms with Crippen LogP contribution in [0, 0.1) is 20.8 Å². The first-order chi connectivity index (χ1) is 21.6. The Morgan fingerprint density at radius 3 is 2.00 bits per heavy atom. The molecule has 0 amide bonds. The normalized spacial score (nSPS) is 13.4. The van der Waals surface area contributed by atoms with E-state index in [-0.39, 0.29) is 0 Å². The van der Waals surface area contributed by atoms with E-state index in [1.54, 1.807) is 0 Å². The van der Waals surface area contributed by atoms with E-state index in [0.717, 1.165) is 93.5 Å². The van der Waals surface area contributed by atoms with Crippen LogP contribution in [0.5, 0.6) is 0 Å². The molecule has 5 heterocycles. The fourth-order valence-electron chi connectivity index (χ4n) is 6.75. The molecule has 8 bridgehead atoms. The minimum absolute atomic E-state index is 0.993. The van der Waals surface area contributed by atoms with Gasteiger partial charge in [0, 0.05) is 26.6 Å². The fourth-order valence-corrected chi connectivity index (χ4v) is 7.02. The third-order valence-electron chi connectivity index (χ3n) is 10.00. The molecule has 6 rings (SSSR count). The Kier molecular flexibility index (Phi) is 8.76. The molecule has 45 heavy (non-hydrogen) atoms. The van der Waals surface area contributed by atoms with Gasteiger partial charge in [-0.25, -0.2) is 9.97 Å². The number of rotatable bonds is 7. The maximum Gasteiger partial charge on any atom is 0.0768 e. The summed E-state index contributed by atoms with van der Waals surface area (Å²) in [5, 5.41) is 0. The number of H-pyrrole nitrogens is 2. The van der Waals surface area contributed by atoms with Crippen molar-refractivity contribution in [2.75, 3.05) is 0 Å². The second-order valence-corrected chi connectivity index (χ2v) is 13.7. The van der Waals surface area contributed by atoms with Gasteiger partial charge in [-0.15, -0.1) is 0 Å². The summed E-state index contributed by atoms with van der Waals surface area (Å²) in [7, 11) is 0. The van der Waals surface area contributed by atoms with Gasteiger partial charge in [0.1, 0.15) is 0 Å². The first-order valence-corrected chi connectivity index (χ1v) is 17.3. The molecule has 3 aromatic heterocycles. The van der Waals surface area contributed by atoms with Crippen LogP contribution in [0.3, 0.4) is 0 Å². The minimum atomic E-state index is 0.993. The van der Waals surface area contributed by atoms with Gasteiger partial charge >= 0.3 is 0 Å². The Bertz CT molecular complexity index is 2030. The smallest absolute Gasteiger partial charge is 0.0768 e. The van der Waals surface area contributed by atoms with Crippen LogP contribution in [0.15, 0.2) is 46.9 Å². The van der Waals surface area contributed by atoms with Crippen LogP contribution < -0.4 is 0 Å². The zero-order valence-electron chi connectivity index (χ0n) is 28.1. The molecule has 0 atom stereocenters. The number of aryl methyl sites for hydroxylation is 4. The third-order valence-corrected chi connectivity index (χ3v) is 10.5. The van der Waals surface area contributed by atoms with Crippen LogP contribution in [-0.4, -0.2) is 19.9 Å². The summed E-state index contributed by atoms with van der Waals surface area (Å²) < 4.78 is 1.06. The van der Waals surface area contributed by atoms with Gasteiger partial charge in [0.2, 0.25) is 0 Å². The summed E-state index contributed by atoms with van der Waals surface area (Å²) in [5.41, 5.74) is 21.2. The summed E-state index contributed by atoms with van der Waals surface area (Å²) >= 11 is 3.64. The van der Waals surface area contributed by atoms with E-state index in [0.29, 0.717) is 0 Å². The standard InChI is InChI=1S/C40H45BrN4/c1-9-11-13-30-26(7)34-19-32-22(3)24(5)39(44-32)38(28-15-17-29(41)18-16-28)40-25(6)23(4)33(45-40)20-35-27(8)31(14-12-10-2)37(43-35)21-36(30)42-34/h15-21,42,44H,9-14H2,1-8H3. The van der Waals surface area contributed by atoms with Gasteiger partial charge in [0.05, 0.1) is 28.3 Å². The predicted octanol–water partition coefficient (Wildman–Crippen LogP) is 12.1. The maximum absolute atomic E-state index is 5.37. The molecular weight excluding hydrogens is 616 g/mol. The lowest BCUT2D eigenvalue weighted by molar-refractivity contribution is 0.796. The van der Waals surface area contributed by atoms with E-state index in [1.165, 1.54) is 50.1 Å². The first kappa shape index (κ1) is 31.3. The van der Waals surface area contributed by atoms with E-state index in [1.807, 2.05) is 0 Å². The summed E-state index contributed by atoms with van der Waals surface area (Å²) in [4.78, 5) is 18.4. The van der Waals surface area contributed by atoms with Crippen LogP contribution in [-0.2, 0) is 6.42 Å². The number of aromatic nitrogens is 4. The average Bonchev–Trinajstić information content (AvgIpc) is 3.67. The number of nitrogens with one attached hydrogen (secondary N) is 2. The van der Waals surface area contributed by atoms with Crippen molar-refractivity contribution >= 4 is 60.3 Å². The molecule has 0 spiro atoms. The quantitative estimate of drug-likeness (QED) is 0.207. The monoisotopic (exact) mass is 660 g/mol. The molecule has 1 aromatic carbocycles. The van der Waals surface area contributed by atoms with E-state index in [4.69, 9.17) is 9.97 Å². The molecule has 0 aliphatic carbocycles. The molecule has 0 fully saturated rings. The Morgan fingerprint density at radius 2 is 1.29 bits per heavy atom. The van der Waals surface area contributed by atoms with E-state index >= 15 is 0 Å². The Morgan fingerprint density at radius 1 is 0.622 bits per heavy atom. The van der Waals surface area contributed by atoms with Gasteiger partial charge in [-0.3, -0.25) is 0 Å². The first-order valence-electron chi connectivity index (χ1n) is 16.5. The highest BCUT2D eigenvalue weighted by Gasteiger charge is 2.23. The van der Waals surface area contributed by atoms with Crippen molar-refractivity contribution in [2.24, 2.45) is 0 Å². The third kappa shape index (κ3) is 5.65. The van der Waals surface area contributed by atoms with Crippen molar-refractivity contribution in [2.45, 2.75) is 93.9 Å². The second-order valence-electron chi connectivity index (χ2n) is 12.8. The lowest BCUT2D eigenvalue weighted by atomic mass is 9.97. The highest BCUT2D eigenvalue weighted by atomic mass is 79.9. The molecule has 4 nitrogen and oxygen atoms in total. The Labute approximate surface area is 276 Å². The van der Waals surface area contributed by atoms with Crippen molar-refractivity contribution in [3.05, 3.63) is 92.0 Å². The number of aromatic amines is 2. The fraction of sp³-hybridized carbons (Fsp3) is 0.350. The average molecular weight is 662 g/mol. The maximum atomic E-state index is 5.37. The van der Waals surface area contributed by atoms with Crippen molar-refractivity contribution in [3.8, 4) is 11.1 Å². The van der Waals surface area contributed by atoms with Gasteiger partial charge in [-0.05, 0) is 148 Å². The van der Waals surface area contributed by atoms with Crippen molar-refractivity contribution in [3.63, 3.8) is 0 Å². The van der Waals surface area contributed by atoms with Gasteiger partial charge < -0.3 is 9.97 Å². The highest BCUT2D eigenvalue weighted by molar-refractivity contribution is 9.10. The van der Waals surface area contributed by atoms with Crippen molar-refractivity contribution in [1.29, 1.82) is 0 Å². The largest absolute Gasteiger partial charge is 0.355 e. The highest BCUT2D eigenvalue weighted by Crippen LogP contribution is 2.41. The van der Waals surface area contributed by atoms with Gasteiger partial charge in [-0.1, -0.05) is 54.8 Å². The number of hydrogen-bond acceptors (Lipinski definition) is 2. The Hall–Kier alpha value is -3.70. The van der Waals surface area contributed by atoms with Crippen LogP contribution in [0.1, 0.15) is 112 Å². The number of nitrogens with zero attached hydrogens (tertiary/aromatic N) is 2. The molecule has 0 radical (unpaired) electrons. The summed E-state index contributed by atoms with van der Waals surface area (Å²) in [6.45, 7) is 17.9. The minimum Gasteiger partial charge on any atom is -0.355 e. The second kappa shape index (κ2) is 12.6. The lowest BCUT2D eigenvalue weighted by Crippen LogP contribution is -1.89. The van der Waals surface area contributed by atoms with Crippen LogP contribution in [0.2, 0.25) is 0 Å². The van der Waals surface area contributed by atoms with Crippen molar-refractivity contribution in [1.82, 2.24) is 19.9 Å². The van der Waals surface area contributed by atoms with E-state index in [2.05, 4.69) is 124 Å². The summed E-state index contributed by atoms with van der Waals surface area (Å²) in [5.74, 6) is 0. The molecule has 4 aromatic rings. The van der Waals surface area contributed by atoms with Gasteiger partial charge in [0.25, 0.3) is 0 Å². The predicted molar refractivity (Wildman–Crippen MR) is 197 cm³/mol. The Balaban J connectivity index is 1.81. The topological polar surface area (TPSA) is 57.4 Å². The summed E-state index contributed by atoms with van der Waals surface area (Å²) in [6.07, 6.45) is 6.71. The van der Waals surface area contributed by atoms with Crippen LogP contribution in [0.25, 0.3) is 55.5 Å². The number of unbranched alkanes of at least 4 members (excludes halogenated alkanes) is 2. The van der Waals surface area contributed by atoms with Crippen LogP contribution in [0.4, 0.5) is 0 Å². The van der Waals surface area contributed by atoms with Gasteiger partial charge in [0.15, 0.2) is 0 Å². The number of benzene rings is 1. The van der Waals surface area contributed by atoms with Crippen LogP contribution >= 0.6 is 15.9 Å². The molecular formula is C40H45BrN4. The number of fused-ring (bicyclic) bond motifs is 8.